The molecule has 132 valence electrons. The summed E-state index contributed by atoms with van der Waals surface area (Å²) in [6.45, 7) is -1.13. The fourth-order valence-electron chi connectivity index (χ4n) is 2.58. The van der Waals surface area contributed by atoms with Crippen molar-refractivity contribution in [2.75, 3.05) is 5.32 Å². The SMILES string of the molecule is Cc1cccc(NC2CC2)c1C(=O)c1ccc(Br)c(OC(F)F)c1Br. The second-order valence-electron chi connectivity index (χ2n) is 5.86. The Morgan fingerprint density at radius 3 is 2.60 bits per heavy atom. The summed E-state index contributed by atoms with van der Waals surface area (Å²) in [5.74, 6) is -0.342. The van der Waals surface area contributed by atoms with E-state index in [1.807, 2.05) is 25.1 Å². The number of halogens is 4. The van der Waals surface area contributed by atoms with Crippen LogP contribution in [0.3, 0.4) is 0 Å². The number of ketones is 1. The van der Waals surface area contributed by atoms with E-state index >= 15 is 0 Å². The number of aryl methyl sites for hydroxylation is 1. The van der Waals surface area contributed by atoms with Crippen LogP contribution in [-0.2, 0) is 0 Å². The molecule has 0 radical (unpaired) electrons. The Labute approximate surface area is 161 Å². The van der Waals surface area contributed by atoms with Gasteiger partial charge in [-0.05, 0) is 75.4 Å². The van der Waals surface area contributed by atoms with Crippen LogP contribution >= 0.6 is 31.9 Å². The number of hydrogen-bond donors (Lipinski definition) is 1. The lowest BCUT2D eigenvalue weighted by Gasteiger charge is -2.16. The molecule has 0 spiro atoms. The van der Waals surface area contributed by atoms with E-state index in [0.717, 1.165) is 24.1 Å². The molecule has 1 saturated carbocycles. The average Bonchev–Trinajstić information content (AvgIpc) is 3.35. The molecular formula is C18H15Br2F2NO2. The normalized spacial score (nSPS) is 13.8. The lowest BCUT2D eigenvalue weighted by molar-refractivity contribution is -0.0509. The monoisotopic (exact) mass is 473 g/mol. The Kier molecular flexibility index (Phi) is 5.43. The maximum absolute atomic E-state index is 13.1. The van der Waals surface area contributed by atoms with E-state index < -0.39 is 6.61 Å². The summed E-state index contributed by atoms with van der Waals surface area (Å²) < 4.78 is 30.4. The lowest BCUT2D eigenvalue weighted by Crippen LogP contribution is -2.12. The third-order valence-corrected chi connectivity index (χ3v) is 5.35. The van der Waals surface area contributed by atoms with E-state index in [9.17, 15) is 13.6 Å². The van der Waals surface area contributed by atoms with E-state index in [0.29, 0.717) is 16.1 Å². The van der Waals surface area contributed by atoms with Gasteiger partial charge in [-0.15, -0.1) is 0 Å². The van der Waals surface area contributed by atoms with E-state index in [1.165, 1.54) is 6.07 Å². The van der Waals surface area contributed by atoms with Gasteiger partial charge >= 0.3 is 6.61 Å². The number of alkyl halides is 2. The van der Waals surface area contributed by atoms with E-state index in [1.54, 1.807) is 6.07 Å². The van der Waals surface area contributed by atoms with Gasteiger partial charge in [-0.1, -0.05) is 12.1 Å². The molecule has 0 bridgehead atoms. The summed E-state index contributed by atoms with van der Waals surface area (Å²) in [6, 6.07) is 9.11. The first-order valence-electron chi connectivity index (χ1n) is 7.72. The van der Waals surface area contributed by atoms with Gasteiger partial charge in [0.1, 0.15) is 0 Å². The maximum atomic E-state index is 13.1. The van der Waals surface area contributed by atoms with Crippen LogP contribution < -0.4 is 10.1 Å². The first-order valence-corrected chi connectivity index (χ1v) is 9.30. The molecule has 1 fully saturated rings. The molecule has 0 aromatic heterocycles. The van der Waals surface area contributed by atoms with Crippen molar-refractivity contribution in [3.63, 3.8) is 0 Å². The molecule has 0 amide bonds. The maximum Gasteiger partial charge on any atom is 0.387 e. The zero-order valence-corrected chi connectivity index (χ0v) is 16.5. The van der Waals surface area contributed by atoms with Gasteiger partial charge in [0.15, 0.2) is 11.5 Å². The molecule has 0 atom stereocenters. The highest BCUT2D eigenvalue weighted by Gasteiger charge is 2.26. The minimum atomic E-state index is -2.98. The third-order valence-electron chi connectivity index (χ3n) is 3.94. The fraction of sp³-hybridized carbons (Fsp3) is 0.278. The second kappa shape index (κ2) is 7.41. The van der Waals surface area contributed by atoms with Gasteiger partial charge in [0.2, 0.25) is 0 Å². The van der Waals surface area contributed by atoms with Gasteiger partial charge in [0.25, 0.3) is 0 Å². The predicted molar refractivity (Wildman–Crippen MR) is 99.7 cm³/mol. The molecule has 0 unspecified atom stereocenters. The summed E-state index contributed by atoms with van der Waals surface area (Å²) >= 11 is 6.41. The van der Waals surface area contributed by atoms with E-state index in [4.69, 9.17) is 0 Å². The quantitative estimate of drug-likeness (QED) is 0.527. The molecule has 25 heavy (non-hydrogen) atoms. The number of hydrogen-bond acceptors (Lipinski definition) is 3. The molecule has 2 aromatic carbocycles. The number of rotatable bonds is 6. The summed E-state index contributed by atoms with van der Waals surface area (Å²) in [4.78, 5) is 13.1. The number of nitrogens with one attached hydrogen (secondary N) is 1. The topological polar surface area (TPSA) is 38.3 Å². The Hall–Kier alpha value is -1.47. The molecule has 1 aliphatic rings. The molecule has 0 heterocycles. The zero-order chi connectivity index (χ0) is 18.1. The predicted octanol–water partition coefficient (Wildman–Crippen LogP) is 5.93. The highest BCUT2D eigenvalue weighted by atomic mass is 79.9. The smallest absolute Gasteiger partial charge is 0.387 e. The molecule has 2 aromatic rings. The van der Waals surface area contributed by atoms with E-state index in [-0.39, 0.29) is 21.6 Å². The number of carbonyl (C=O) groups is 1. The summed E-state index contributed by atoms with van der Waals surface area (Å²) in [5.41, 5.74) is 2.40. The Morgan fingerprint density at radius 2 is 1.96 bits per heavy atom. The third kappa shape index (κ3) is 4.03. The second-order valence-corrected chi connectivity index (χ2v) is 7.51. The molecule has 3 nitrogen and oxygen atoms in total. The molecule has 7 heteroatoms. The Bertz CT molecular complexity index is 823. The van der Waals surface area contributed by atoms with Gasteiger partial charge in [-0.3, -0.25) is 4.79 Å². The van der Waals surface area contributed by atoms with Gasteiger partial charge in [0, 0.05) is 22.9 Å². The molecule has 1 N–H and O–H groups in total. The van der Waals surface area contributed by atoms with Crippen LogP contribution in [0, 0.1) is 6.92 Å². The first-order chi connectivity index (χ1) is 11.9. The fourth-order valence-corrected chi connectivity index (χ4v) is 3.89. The average molecular weight is 475 g/mol. The van der Waals surface area contributed by atoms with Gasteiger partial charge in [-0.2, -0.15) is 8.78 Å². The minimum Gasteiger partial charge on any atom is -0.432 e. The number of carbonyl (C=O) groups excluding carboxylic acids is 1. The summed E-state index contributed by atoms with van der Waals surface area (Å²) in [7, 11) is 0. The highest BCUT2D eigenvalue weighted by Crippen LogP contribution is 2.39. The lowest BCUT2D eigenvalue weighted by atomic mass is 9.97. The van der Waals surface area contributed by atoms with E-state index in [2.05, 4.69) is 41.9 Å². The summed E-state index contributed by atoms with van der Waals surface area (Å²) in [6.07, 6.45) is 2.16. The molecule has 3 rings (SSSR count). The van der Waals surface area contributed by atoms with Crippen LogP contribution in [0.5, 0.6) is 5.75 Å². The molecule has 0 saturated heterocycles. The van der Waals surface area contributed by atoms with Crippen LogP contribution in [0.25, 0.3) is 0 Å². The highest BCUT2D eigenvalue weighted by molar-refractivity contribution is 9.11. The van der Waals surface area contributed by atoms with Gasteiger partial charge in [-0.25, -0.2) is 0 Å². The van der Waals surface area contributed by atoms with Crippen molar-refractivity contribution in [1.82, 2.24) is 0 Å². The van der Waals surface area contributed by atoms with Gasteiger partial charge < -0.3 is 10.1 Å². The molecular weight excluding hydrogens is 460 g/mol. The summed E-state index contributed by atoms with van der Waals surface area (Å²) in [5, 5.41) is 3.36. The standard InChI is InChI=1S/C18H15Br2F2NO2/c1-9-3-2-4-13(23-10-5-6-10)14(9)16(24)11-7-8-12(19)17(15(11)20)25-18(21)22/h2-4,7-8,10,18,23H,5-6H2,1H3. The number of ether oxygens (including phenoxy) is 1. The van der Waals surface area contributed by atoms with Crippen LogP contribution in [-0.4, -0.2) is 18.4 Å². The first kappa shape index (κ1) is 18.3. The van der Waals surface area contributed by atoms with Crippen LogP contribution in [0.1, 0.15) is 34.3 Å². The van der Waals surface area contributed by atoms with Crippen LogP contribution in [0.4, 0.5) is 14.5 Å². The minimum absolute atomic E-state index is 0.0915. The van der Waals surface area contributed by atoms with Crippen molar-refractivity contribution in [2.24, 2.45) is 0 Å². The van der Waals surface area contributed by atoms with Crippen molar-refractivity contribution in [3.05, 3.63) is 56.0 Å². The van der Waals surface area contributed by atoms with Gasteiger partial charge in [0.05, 0.1) is 8.95 Å². The van der Waals surface area contributed by atoms with Crippen molar-refractivity contribution in [2.45, 2.75) is 32.4 Å². The largest absolute Gasteiger partial charge is 0.432 e. The number of benzene rings is 2. The zero-order valence-electron chi connectivity index (χ0n) is 13.3. The molecule has 1 aliphatic carbocycles. The van der Waals surface area contributed by atoms with Crippen molar-refractivity contribution < 1.29 is 18.3 Å². The Morgan fingerprint density at radius 1 is 1.24 bits per heavy atom. The van der Waals surface area contributed by atoms with Crippen molar-refractivity contribution in [3.8, 4) is 5.75 Å². The Balaban J connectivity index is 2.04. The molecule has 0 aliphatic heterocycles. The van der Waals surface area contributed by atoms with Crippen molar-refractivity contribution in [1.29, 1.82) is 0 Å². The van der Waals surface area contributed by atoms with Crippen LogP contribution in [0.2, 0.25) is 0 Å². The van der Waals surface area contributed by atoms with Crippen LogP contribution in [0.15, 0.2) is 39.3 Å². The number of anilines is 1. The van der Waals surface area contributed by atoms with Crippen molar-refractivity contribution >= 4 is 43.3 Å².